The quantitative estimate of drug-likeness (QED) is 0.436. The summed E-state index contributed by atoms with van der Waals surface area (Å²) < 4.78 is 13.5. The van der Waals surface area contributed by atoms with Gasteiger partial charge < -0.3 is 15.1 Å². The van der Waals surface area contributed by atoms with Crippen molar-refractivity contribution in [3.05, 3.63) is 69.5 Å². The van der Waals surface area contributed by atoms with Gasteiger partial charge in [0.15, 0.2) is 0 Å². The van der Waals surface area contributed by atoms with E-state index >= 15 is 0 Å². The normalized spacial score (nSPS) is 18.3. The second-order valence-corrected chi connectivity index (χ2v) is 10.6. The van der Waals surface area contributed by atoms with E-state index in [2.05, 4.69) is 15.1 Å². The number of nitrogens with zero attached hydrogens (tertiary/aromatic N) is 2. The first-order valence-corrected chi connectivity index (χ1v) is 13.7. The van der Waals surface area contributed by atoms with Crippen LogP contribution in [0.4, 0.5) is 4.39 Å². The molecule has 2 heterocycles. The van der Waals surface area contributed by atoms with Crippen LogP contribution in [0.3, 0.4) is 0 Å². The molecule has 0 aliphatic carbocycles. The van der Waals surface area contributed by atoms with Crippen LogP contribution in [0.25, 0.3) is 0 Å². The van der Waals surface area contributed by atoms with Crippen molar-refractivity contribution in [2.45, 2.75) is 56.9 Å². The third-order valence-electron chi connectivity index (χ3n) is 7.43. The minimum absolute atomic E-state index is 0.189. The molecule has 2 amide bonds. The van der Waals surface area contributed by atoms with Gasteiger partial charge in [-0.05, 0) is 86.9 Å². The average molecular weight is 535 g/mol. The van der Waals surface area contributed by atoms with Gasteiger partial charge in [0.25, 0.3) is 5.91 Å². The van der Waals surface area contributed by atoms with Crippen molar-refractivity contribution in [3.8, 4) is 0 Å². The molecule has 2 aromatic carbocycles. The smallest absolute Gasteiger partial charge is 0.251 e. The summed E-state index contributed by atoms with van der Waals surface area (Å²) in [6.45, 7) is 4.28. The fraction of sp³-hybridized carbons (Fsp3) is 0.500. The number of rotatable bonds is 9. The molecule has 2 aromatic rings. The van der Waals surface area contributed by atoms with Gasteiger partial charge in [-0.15, -0.1) is 0 Å². The van der Waals surface area contributed by atoms with Gasteiger partial charge in [0.05, 0.1) is 10.0 Å². The molecule has 2 aliphatic rings. The maximum Gasteiger partial charge on any atom is 0.251 e. The molecular weight excluding hydrogens is 500 g/mol. The van der Waals surface area contributed by atoms with Gasteiger partial charge in [0, 0.05) is 44.2 Å². The van der Waals surface area contributed by atoms with Crippen LogP contribution in [0.1, 0.15) is 66.8 Å². The van der Waals surface area contributed by atoms with Gasteiger partial charge in [-0.1, -0.05) is 35.3 Å². The average Bonchev–Trinajstić information content (AvgIpc) is 2.88. The lowest BCUT2D eigenvalue weighted by molar-refractivity contribution is -0.136. The van der Waals surface area contributed by atoms with E-state index in [0.717, 1.165) is 70.3 Å². The minimum Gasteiger partial charge on any atom is -0.352 e. The van der Waals surface area contributed by atoms with Crippen LogP contribution < -0.4 is 5.32 Å². The maximum atomic E-state index is 13.5. The maximum absolute atomic E-state index is 13.5. The van der Waals surface area contributed by atoms with Crippen LogP contribution in [0.15, 0.2) is 42.5 Å². The van der Waals surface area contributed by atoms with Gasteiger partial charge >= 0.3 is 0 Å². The van der Waals surface area contributed by atoms with Crippen LogP contribution in [-0.4, -0.2) is 60.4 Å². The standard InChI is InChI=1S/C28H34Cl2FN3O2/c29-25-8-7-21(19-26(25)30)20(9-13-32-28(36)22-4-3-5-23(31)18-22)10-15-33-16-11-24(12-17-33)34-14-2-1-6-27(34)35/h3-5,7-8,18-20,24H,1-2,6,9-17H2,(H,32,36)/t20-/m0/s1. The molecule has 0 radical (unpaired) electrons. The van der Waals surface area contributed by atoms with Crippen molar-refractivity contribution in [2.24, 2.45) is 0 Å². The number of carbonyl (C=O) groups excluding carboxylic acids is 2. The number of hydrogen-bond donors (Lipinski definition) is 1. The van der Waals surface area contributed by atoms with Crippen molar-refractivity contribution in [2.75, 3.05) is 32.7 Å². The molecule has 2 fully saturated rings. The first kappa shape index (κ1) is 26.9. The van der Waals surface area contributed by atoms with E-state index in [1.165, 1.54) is 18.2 Å². The second-order valence-electron chi connectivity index (χ2n) is 9.83. The number of nitrogens with one attached hydrogen (secondary N) is 1. The molecule has 4 rings (SSSR count). The molecule has 1 atom stereocenters. The zero-order chi connectivity index (χ0) is 25.5. The number of piperidine rings is 2. The molecule has 36 heavy (non-hydrogen) atoms. The van der Waals surface area contributed by atoms with Gasteiger partial charge in [-0.2, -0.15) is 0 Å². The third-order valence-corrected chi connectivity index (χ3v) is 8.17. The van der Waals surface area contributed by atoms with E-state index in [0.29, 0.717) is 40.5 Å². The van der Waals surface area contributed by atoms with E-state index in [1.54, 1.807) is 6.07 Å². The fourth-order valence-corrected chi connectivity index (χ4v) is 5.65. The Labute approximate surface area is 222 Å². The Bertz CT molecular complexity index is 1060. The molecule has 1 N–H and O–H groups in total. The predicted octanol–water partition coefficient (Wildman–Crippen LogP) is 5.90. The van der Waals surface area contributed by atoms with Crippen molar-refractivity contribution >= 4 is 35.0 Å². The van der Waals surface area contributed by atoms with Crippen LogP contribution in [0, 0.1) is 5.82 Å². The second kappa shape index (κ2) is 12.9. The summed E-state index contributed by atoms with van der Waals surface area (Å²) in [6, 6.07) is 11.8. The topological polar surface area (TPSA) is 52.7 Å². The summed E-state index contributed by atoms with van der Waals surface area (Å²) in [7, 11) is 0. The zero-order valence-corrected chi connectivity index (χ0v) is 22.0. The summed E-state index contributed by atoms with van der Waals surface area (Å²) in [4.78, 5) is 29.3. The molecule has 0 unspecified atom stereocenters. The first-order valence-electron chi connectivity index (χ1n) is 12.9. The highest BCUT2D eigenvalue weighted by molar-refractivity contribution is 6.42. The zero-order valence-electron chi connectivity index (χ0n) is 20.5. The Balaban J connectivity index is 1.31. The Hall–Kier alpha value is -2.15. The van der Waals surface area contributed by atoms with Crippen molar-refractivity contribution in [1.82, 2.24) is 15.1 Å². The van der Waals surface area contributed by atoms with Crippen molar-refractivity contribution < 1.29 is 14.0 Å². The van der Waals surface area contributed by atoms with Crippen molar-refractivity contribution in [1.29, 1.82) is 0 Å². The number of carbonyl (C=O) groups is 2. The third kappa shape index (κ3) is 7.21. The highest BCUT2D eigenvalue weighted by Gasteiger charge is 2.29. The van der Waals surface area contributed by atoms with Gasteiger partial charge in [-0.3, -0.25) is 9.59 Å². The summed E-state index contributed by atoms with van der Waals surface area (Å²) in [5.74, 6) is -0.199. The highest BCUT2D eigenvalue weighted by atomic mass is 35.5. The Morgan fingerprint density at radius 2 is 1.83 bits per heavy atom. The van der Waals surface area contributed by atoms with Gasteiger partial charge in [0.2, 0.25) is 5.91 Å². The number of halogens is 3. The summed E-state index contributed by atoms with van der Waals surface area (Å²) in [5.41, 5.74) is 1.41. The first-order chi connectivity index (χ1) is 17.4. The Kier molecular flexibility index (Phi) is 9.63. The molecule has 0 bridgehead atoms. The molecule has 8 heteroatoms. The van der Waals surface area contributed by atoms with Crippen LogP contribution in [0.5, 0.6) is 0 Å². The van der Waals surface area contributed by atoms with Gasteiger partial charge in [0.1, 0.15) is 5.82 Å². The van der Waals surface area contributed by atoms with Crippen LogP contribution in [-0.2, 0) is 4.79 Å². The minimum atomic E-state index is -0.426. The summed E-state index contributed by atoms with van der Waals surface area (Å²) in [6.07, 6.45) is 6.53. The molecule has 5 nitrogen and oxygen atoms in total. The fourth-order valence-electron chi connectivity index (χ4n) is 5.34. The van der Waals surface area contributed by atoms with E-state index in [9.17, 15) is 14.0 Å². The van der Waals surface area contributed by atoms with Gasteiger partial charge in [-0.25, -0.2) is 4.39 Å². The molecule has 0 saturated carbocycles. The number of likely N-dealkylation sites (tertiary alicyclic amines) is 2. The lowest BCUT2D eigenvalue weighted by Gasteiger charge is -2.40. The van der Waals surface area contributed by atoms with Crippen LogP contribution >= 0.6 is 23.2 Å². The van der Waals surface area contributed by atoms with Crippen molar-refractivity contribution in [3.63, 3.8) is 0 Å². The SMILES string of the molecule is O=C(NCC[C@@H](CCN1CCC(N2CCCCC2=O)CC1)c1ccc(Cl)c(Cl)c1)c1cccc(F)c1. The molecule has 2 saturated heterocycles. The molecule has 2 aliphatic heterocycles. The number of amides is 2. The van der Waals surface area contributed by atoms with E-state index in [-0.39, 0.29) is 11.8 Å². The number of benzene rings is 2. The predicted molar refractivity (Wildman–Crippen MR) is 142 cm³/mol. The summed E-state index contributed by atoms with van der Waals surface area (Å²) in [5, 5.41) is 3.97. The number of hydrogen-bond acceptors (Lipinski definition) is 3. The lowest BCUT2D eigenvalue weighted by Crippen LogP contribution is -2.49. The Morgan fingerprint density at radius 1 is 1.03 bits per heavy atom. The lowest BCUT2D eigenvalue weighted by atomic mass is 9.91. The monoisotopic (exact) mass is 533 g/mol. The molecular formula is C28H34Cl2FN3O2. The van der Waals surface area contributed by atoms with Crippen LogP contribution in [0.2, 0.25) is 10.0 Å². The Morgan fingerprint density at radius 3 is 2.56 bits per heavy atom. The molecule has 0 spiro atoms. The molecule has 194 valence electrons. The largest absolute Gasteiger partial charge is 0.352 e. The molecule has 0 aromatic heterocycles. The van der Waals surface area contributed by atoms with E-state index in [1.807, 2.05) is 18.2 Å². The highest BCUT2D eigenvalue weighted by Crippen LogP contribution is 2.31. The van der Waals surface area contributed by atoms with E-state index in [4.69, 9.17) is 23.2 Å². The van der Waals surface area contributed by atoms with E-state index < -0.39 is 5.82 Å². The summed E-state index contributed by atoms with van der Waals surface area (Å²) >= 11 is 12.5.